The van der Waals surface area contributed by atoms with E-state index < -0.39 is 0 Å². The molecule has 1 atom stereocenters. The second kappa shape index (κ2) is 6.98. The lowest BCUT2D eigenvalue weighted by molar-refractivity contribution is 0.526. The van der Waals surface area contributed by atoms with E-state index in [4.69, 9.17) is 11.6 Å². The molecule has 19 heavy (non-hydrogen) atoms. The van der Waals surface area contributed by atoms with Crippen LogP contribution in [0.1, 0.15) is 30.0 Å². The Morgan fingerprint density at radius 3 is 2.95 bits per heavy atom. The van der Waals surface area contributed by atoms with Gasteiger partial charge in [0.1, 0.15) is 5.82 Å². The molecule has 0 fully saturated rings. The minimum absolute atomic E-state index is 0.115. The van der Waals surface area contributed by atoms with E-state index >= 15 is 0 Å². The molecule has 0 spiro atoms. The van der Waals surface area contributed by atoms with Gasteiger partial charge in [-0.25, -0.2) is 9.37 Å². The largest absolute Gasteiger partial charge is 0.310 e. The lowest BCUT2D eigenvalue weighted by atomic mass is 10.0. The molecule has 1 N–H and O–H groups in total. The summed E-state index contributed by atoms with van der Waals surface area (Å²) in [5, 5.41) is 6.65. The van der Waals surface area contributed by atoms with Gasteiger partial charge in [-0.05, 0) is 30.7 Å². The molecule has 2 aromatic rings. The standard InChI is InChI=1S/C14H16ClFN2S/c1-2-5-17-13(9-14-18-6-7-19-14)10-3-4-12(16)11(15)8-10/h3-4,6-8,13,17H,2,5,9H2,1H3. The summed E-state index contributed by atoms with van der Waals surface area (Å²) in [6.07, 6.45) is 3.64. The minimum atomic E-state index is -0.381. The average molecular weight is 299 g/mol. The number of aromatic nitrogens is 1. The van der Waals surface area contributed by atoms with Crippen molar-refractivity contribution in [2.24, 2.45) is 0 Å². The number of hydrogen-bond donors (Lipinski definition) is 1. The first kappa shape index (κ1) is 14.4. The highest BCUT2D eigenvalue weighted by Crippen LogP contribution is 2.24. The minimum Gasteiger partial charge on any atom is -0.310 e. The van der Waals surface area contributed by atoms with Crippen LogP contribution in [0, 0.1) is 5.82 Å². The van der Waals surface area contributed by atoms with E-state index in [1.165, 1.54) is 6.07 Å². The maximum absolute atomic E-state index is 13.2. The Hall–Kier alpha value is -0.970. The molecule has 2 rings (SSSR count). The predicted molar refractivity (Wildman–Crippen MR) is 78.3 cm³/mol. The van der Waals surface area contributed by atoms with Crippen molar-refractivity contribution in [3.63, 3.8) is 0 Å². The molecule has 5 heteroatoms. The maximum atomic E-state index is 13.2. The fraction of sp³-hybridized carbons (Fsp3) is 0.357. The van der Waals surface area contributed by atoms with E-state index in [2.05, 4.69) is 17.2 Å². The second-order valence-corrected chi connectivity index (χ2v) is 5.70. The Balaban J connectivity index is 2.18. The normalized spacial score (nSPS) is 12.6. The molecule has 0 radical (unpaired) electrons. The first-order valence-electron chi connectivity index (χ1n) is 6.27. The fourth-order valence-corrected chi connectivity index (χ4v) is 2.74. The Morgan fingerprint density at radius 2 is 2.32 bits per heavy atom. The number of nitrogens with one attached hydrogen (secondary N) is 1. The Bertz CT molecular complexity index is 516. The van der Waals surface area contributed by atoms with Crippen LogP contribution in [0.4, 0.5) is 4.39 Å². The van der Waals surface area contributed by atoms with Crippen molar-refractivity contribution >= 4 is 22.9 Å². The fourth-order valence-electron chi connectivity index (χ4n) is 1.88. The first-order chi connectivity index (χ1) is 9.20. The van der Waals surface area contributed by atoms with E-state index in [-0.39, 0.29) is 16.9 Å². The number of benzene rings is 1. The summed E-state index contributed by atoms with van der Waals surface area (Å²) in [4.78, 5) is 4.30. The third kappa shape index (κ3) is 4.00. The molecule has 1 aromatic carbocycles. The van der Waals surface area contributed by atoms with Crippen molar-refractivity contribution in [3.05, 3.63) is 51.2 Å². The molecule has 0 aliphatic carbocycles. The van der Waals surface area contributed by atoms with Crippen LogP contribution in [0.25, 0.3) is 0 Å². The molecule has 0 saturated heterocycles. The highest BCUT2D eigenvalue weighted by molar-refractivity contribution is 7.09. The van der Waals surface area contributed by atoms with Gasteiger partial charge in [0, 0.05) is 24.0 Å². The van der Waals surface area contributed by atoms with Crippen molar-refractivity contribution in [3.8, 4) is 0 Å². The van der Waals surface area contributed by atoms with Crippen LogP contribution >= 0.6 is 22.9 Å². The molecule has 0 saturated carbocycles. The van der Waals surface area contributed by atoms with E-state index in [0.717, 1.165) is 30.0 Å². The van der Waals surface area contributed by atoms with E-state index in [1.54, 1.807) is 29.7 Å². The molecule has 1 aromatic heterocycles. The summed E-state index contributed by atoms with van der Waals surface area (Å²) in [5.41, 5.74) is 0.995. The van der Waals surface area contributed by atoms with Crippen LogP contribution in [0.2, 0.25) is 5.02 Å². The predicted octanol–water partition coefficient (Wildman–Crippen LogP) is 4.22. The zero-order valence-electron chi connectivity index (χ0n) is 10.7. The van der Waals surface area contributed by atoms with Gasteiger partial charge in [0.2, 0.25) is 0 Å². The van der Waals surface area contributed by atoms with Gasteiger partial charge in [-0.15, -0.1) is 11.3 Å². The third-order valence-corrected chi connectivity index (χ3v) is 3.94. The van der Waals surface area contributed by atoms with Gasteiger partial charge in [0.25, 0.3) is 0 Å². The van der Waals surface area contributed by atoms with Gasteiger partial charge in [-0.3, -0.25) is 0 Å². The van der Waals surface area contributed by atoms with Crippen molar-refractivity contribution in [2.45, 2.75) is 25.8 Å². The number of thiazole rings is 1. The molecule has 0 aliphatic rings. The topological polar surface area (TPSA) is 24.9 Å². The summed E-state index contributed by atoms with van der Waals surface area (Å²) in [5.74, 6) is -0.381. The smallest absolute Gasteiger partial charge is 0.141 e. The molecular weight excluding hydrogens is 283 g/mol. The number of rotatable bonds is 6. The molecule has 0 bridgehead atoms. The van der Waals surface area contributed by atoms with Gasteiger partial charge in [-0.2, -0.15) is 0 Å². The summed E-state index contributed by atoms with van der Waals surface area (Å²) in [6, 6.07) is 5.00. The lowest BCUT2D eigenvalue weighted by Crippen LogP contribution is -2.24. The SMILES string of the molecule is CCCNC(Cc1nccs1)c1ccc(F)c(Cl)c1. The second-order valence-electron chi connectivity index (χ2n) is 4.31. The number of hydrogen-bond acceptors (Lipinski definition) is 3. The molecule has 102 valence electrons. The van der Waals surface area contributed by atoms with Crippen LogP contribution in [0.15, 0.2) is 29.8 Å². The average Bonchev–Trinajstić information content (AvgIpc) is 2.91. The van der Waals surface area contributed by atoms with Crippen molar-refractivity contribution < 1.29 is 4.39 Å². The van der Waals surface area contributed by atoms with Crippen LogP contribution in [0.5, 0.6) is 0 Å². The van der Waals surface area contributed by atoms with Gasteiger partial charge in [0.15, 0.2) is 0 Å². The van der Waals surface area contributed by atoms with E-state index in [0.29, 0.717) is 0 Å². The summed E-state index contributed by atoms with van der Waals surface area (Å²) in [7, 11) is 0. The van der Waals surface area contributed by atoms with Gasteiger partial charge in [0.05, 0.1) is 10.0 Å². The van der Waals surface area contributed by atoms with E-state index in [1.807, 2.05) is 5.38 Å². The van der Waals surface area contributed by atoms with Crippen molar-refractivity contribution in [2.75, 3.05) is 6.54 Å². The van der Waals surface area contributed by atoms with E-state index in [9.17, 15) is 4.39 Å². The summed E-state index contributed by atoms with van der Waals surface area (Å²) < 4.78 is 13.2. The zero-order valence-corrected chi connectivity index (χ0v) is 12.3. The zero-order chi connectivity index (χ0) is 13.7. The van der Waals surface area contributed by atoms with Crippen LogP contribution in [0.3, 0.4) is 0 Å². The van der Waals surface area contributed by atoms with Crippen molar-refractivity contribution in [1.82, 2.24) is 10.3 Å². The van der Waals surface area contributed by atoms with Gasteiger partial charge >= 0.3 is 0 Å². The molecular formula is C14H16ClFN2S. The lowest BCUT2D eigenvalue weighted by Gasteiger charge is -2.18. The summed E-state index contributed by atoms with van der Waals surface area (Å²) in [6.45, 7) is 3.02. The Morgan fingerprint density at radius 1 is 1.47 bits per heavy atom. The Labute approximate surface area is 121 Å². The molecule has 1 unspecified atom stereocenters. The quantitative estimate of drug-likeness (QED) is 0.864. The maximum Gasteiger partial charge on any atom is 0.141 e. The molecule has 2 nitrogen and oxygen atoms in total. The highest BCUT2D eigenvalue weighted by atomic mass is 35.5. The van der Waals surface area contributed by atoms with Gasteiger partial charge < -0.3 is 5.32 Å². The Kier molecular flexibility index (Phi) is 5.31. The number of nitrogens with zero attached hydrogens (tertiary/aromatic N) is 1. The monoisotopic (exact) mass is 298 g/mol. The highest BCUT2D eigenvalue weighted by Gasteiger charge is 2.14. The molecule has 0 aliphatic heterocycles. The summed E-state index contributed by atoms with van der Waals surface area (Å²) >= 11 is 7.49. The molecule has 1 heterocycles. The van der Waals surface area contributed by atoms with Crippen LogP contribution < -0.4 is 5.32 Å². The molecule has 0 amide bonds. The van der Waals surface area contributed by atoms with Gasteiger partial charge in [-0.1, -0.05) is 24.6 Å². The van der Waals surface area contributed by atoms with Crippen LogP contribution in [-0.4, -0.2) is 11.5 Å². The third-order valence-electron chi connectivity index (χ3n) is 2.85. The van der Waals surface area contributed by atoms with Crippen molar-refractivity contribution in [1.29, 1.82) is 0 Å². The first-order valence-corrected chi connectivity index (χ1v) is 7.53. The number of halogens is 2. The van der Waals surface area contributed by atoms with Crippen LogP contribution in [-0.2, 0) is 6.42 Å².